The van der Waals surface area contributed by atoms with E-state index in [1.54, 1.807) is 6.07 Å². The molecular weight excluding hydrogens is 346 g/mol. The molecule has 2 rings (SSSR count). The van der Waals surface area contributed by atoms with Gasteiger partial charge in [0.25, 0.3) is 0 Å². The first-order chi connectivity index (χ1) is 11.2. The standard InChI is InChI=1S/C16H25N3O3S2/c1-12-6-5-7-13(2)19(12)16(20)11-23-15-9-8-14(10-17-15)24(21,22)18(3)4/h8-10,12-13H,5-7,11H2,1-4H3/t12-,13-/m0/s1. The topological polar surface area (TPSA) is 70.6 Å². The number of thioether (sulfide) groups is 1. The Bertz CT molecular complexity index is 664. The predicted octanol–water partition coefficient (Wildman–Crippen LogP) is 2.21. The number of sulfonamides is 1. The lowest BCUT2D eigenvalue weighted by atomic mass is 9.98. The van der Waals surface area contributed by atoms with E-state index in [1.165, 1.54) is 44.5 Å². The van der Waals surface area contributed by atoms with Crippen LogP contribution in [0.1, 0.15) is 33.1 Å². The number of hydrogen-bond donors (Lipinski definition) is 0. The molecule has 2 heterocycles. The molecule has 1 saturated heterocycles. The van der Waals surface area contributed by atoms with Crippen molar-refractivity contribution < 1.29 is 13.2 Å². The van der Waals surface area contributed by atoms with E-state index in [9.17, 15) is 13.2 Å². The second-order valence-electron chi connectivity index (χ2n) is 6.34. The summed E-state index contributed by atoms with van der Waals surface area (Å²) in [7, 11) is -0.503. The van der Waals surface area contributed by atoms with Crippen LogP contribution in [-0.4, -0.2) is 60.4 Å². The summed E-state index contributed by atoms with van der Waals surface area (Å²) < 4.78 is 25.2. The Hall–Kier alpha value is -1.12. The fraction of sp³-hybridized carbons (Fsp3) is 0.625. The first-order valence-electron chi connectivity index (χ1n) is 8.06. The number of carbonyl (C=O) groups is 1. The maximum atomic E-state index is 12.5. The zero-order chi connectivity index (χ0) is 17.9. The Morgan fingerprint density at radius 2 is 1.92 bits per heavy atom. The van der Waals surface area contributed by atoms with Crippen molar-refractivity contribution in [1.82, 2.24) is 14.2 Å². The third-order valence-corrected chi connectivity index (χ3v) is 7.04. The molecule has 134 valence electrons. The Morgan fingerprint density at radius 1 is 1.29 bits per heavy atom. The monoisotopic (exact) mass is 371 g/mol. The first kappa shape index (κ1) is 19.2. The number of hydrogen-bond acceptors (Lipinski definition) is 5. The van der Waals surface area contributed by atoms with Crippen LogP contribution in [0.5, 0.6) is 0 Å². The molecule has 2 atom stereocenters. The zero-order valence-corrected chi connectivity index (χ0v) is 16.2. The molecule has 24 heavy (non-hydrogen) atoms. The smallest absolute Gasteiger partial charge is 0.244 e. The third kappa shape index (κ3) is 4.29. The van der Waals surface area contributed by atoms with Crippen LogP contribution in [-0.2, 0) is 14.8 Å². The van der Waals surface area contributed by atoms with Crippen molar-refractivity contribution in [2.75, 3.05) is 19.8 Å². The summed E-state index contributed by atoms with van der Waals surface area (Å²) in [6.07, 6.45) is 4.61. The van der Waals surface area contributed by atoms with E-state index in [-0.39, 0.29) is 22.9 Å². The van der Waals surface area contributed by atoms with Gasteiger partial charge in [0.05, 0.1) is 10.8 Å². The molecule has 0 unspecified atom stereocenters. The molecule has 1 aliphatic rings. The van der Waals surface area contributed by atoms with Crippen LogP contribution in [0, 0.1) is 0 Å². The Balaban J connectivity index is 1.98. The van der Waals surface area contributed by atoms with Crippen LogP contribution in [0.4, 0.5) is 0 Å². The molecule has 1 aliphatic heterocycles. The number of amides is 1. The van der Waals surface area contributed by atoms with Crippen molar-refractivity contribution in [3.63, 3.8) is 0 Å². The van der Waals surface area contributed by atoms with Gasteiger partial charge in [-0.25, -0.2) is 17.7 Å². The number of rotatable bonds is 5. The number of piperidine rings is 1. The van der Waals surface area contributed by atoms with Gasteiger partial charge in [0, 0.05) is 32.4 Å². The third-order valence-electron chi connectivity index (χ3n) is 4.31. The second kappa shape index (κ2) is 7.84. The van der Waals surface area contributed by atoms with Crippen LogP contribution in [0.3, 0.4) is 0 Å². The number of pyridine rings is 1. The molecule has 0 N–H and O–H groups in total. The maximum Gasteiger partial charge on any atom is 0.244 e. The van der Waals surface area contributed by atoms with Crippen LogP contribution in [0.25, 0.3) is 0 Å². The normalized spacial score (nSPS) is 22.0. The van der Waals surface area contributed by atoms with E-state index in [2.05, 4.69) is 18.8 Å². The Morgan fingerprint density at radius 3 is 2.42 bits per heavy atom. The Labute approximate surface area is 148 Å². The summed E-state index contributed by atoms with van der Waals surface area (Å²) in [5.41, 5.74) is 0. The molecule has 0 radical (unpaired) electrons. The van der Waals surface area contributed by atoms with E-state index in [4.69, 9.17) is 0 Å². The minimum absolute atomic E-state index is 0.117. The van der Waals surface area contributed by atoms with E-state index in [0.29, 0.717) is 10.8 Å². The molecule has 1 amide bonds. The highest BCUT2D eigenvalue weighted by Crippen LogP contribution is 2.25. The maximum absolute atomic E-state index is 12.5. The van der Waals surface area contributed by atoms with Crippen LogP contribution in [0.15, 0.2) is 28.3 Å². The fourth-order valence-electron chi connectivity index (χ4n) is 2.94. The van der Waals surface area contributed by atoms with E-state index < -0.39 is 10.0 Å². The molecule has 0 aliphatic carbocycles. The van der Waals surface area contributed by atoms with Gasteiger partial charge in [-0.05, 0) is 45.2 Å². The van der Waals surface area contributed by atoms with Crippen molar-refractivity contribution in [3.05, 3.63) is 18.3 Å². The van der Waals surface area contributed by atoms with E-state index in [0.717, 1.165) is 17.1 Å². The van der Waals surface area contributed by atoms with Gasteiger partial charge in [0.1, 0.15) is 4.90 Å². The van der Waals surface area contributed by atoms with Gasteiger partial charge in [-0.15, -0.1) is 0 Å². The van der Waals surface area contributed by atoms with Crippen molar-refractivity contribution in [2.24, 2.45) is 0 Å². The van der Waals surface area contributed by atoms with Gasteiger partial charge in [0.15, 0.2) is 0 Å². The second-order valence-corrected chi connectivity index (χ2v) is 9.49. The quantitative estimate of drug-likeness (QED) is 0.742. The lowest BCUT2D eigenvalue weighted by molar-refractivity contribution is -0.134. The minimum atomic E-state index is -3.47. The molecule has 0 spiro atoms. The summed E-state index contributed by atoms with van der Waals surface area (Å²) in [5, 5.41) is 0.651. The average Bonchev–Trinajstić information content (AvgIpc) is 2.53. The lowest BCUT2D eigenvalue weighted by Gasteiger charge is -2.39. The Kier molecular flexibility index (Phi) is 6.28. The molecular formula is C16H25N3O3S2. The van der Waals surface area contributed by atoms with Crippen molar-refractivity contribution in [2.45, 2.75) is 55.1 Å². The summed E-state index contributed by atoms with van der Waals surface area (Å²) >= 11 is 1.34. The van der Waals surface area contributed by atoms with Crippen LogP contribution < -0.4 is 0 Å². The number of likely N-dealkylation sites (tertiary alicyclic amines) is 1. The lowest BCUT2D eigenvalue weighted by Crippen LogP contribution is -2.48. The molecule has 1 aromatic rings. The van der Waals surface area contributed by atoms with Crippen LogP contribution >= 0.6 is 11.8 Å². The summed E-state index contributed by atoms with van der Waals surface area (Å²) in [6.45, 7) is 4.19. The summed E-state index contributed by atoms with van der Waals surface area (Å²) in [4.78, 5) is 18.8. The van der Waals surface area contributed by atoms with E-state index in [1.807, 2.05) is 4.90 Å². The van der Waals surface area contributed by atoms with Gasteiger partial charge in [0.2, 0.25) is 15.9 Å². The molecule has 1 aromatic heterocycles. The van der Waals surface area contributed by atoms with Gasteiger partial charge >= 0.3 is 0 Å². The largest absolute Gasteiger partial charge is 0.337 e. The van der Waals surface area contributed by atoms with Crippen molar-refractivity contribution >= 4 is 27.7 Å². The van der Waals surface area contributed by atoms with Crippen LogP contribution in [0.2, 0.25) is 0 Å². The average molecular weight is 372 g/mol. The number of nitrogens with zero attached hydrogens (tertiary/aromatic N) is 3. The molecule has 6 nitrogen and oxygen atoms in total. The van der Waals surface area contributed by atoms with Gasteiger partial charge in [-0.2, -0.15) is 0 Å². The van der Waals surface area contributed by atoms with Crippen molar-refractivity contribution in [3.8, 4) is 0 Å². The van der Waals surface area contributed by atoms with Gasteiger partial charge < -0.3 is 4.90 Å². The van der Waals surface area contributed by atoms with Gasteiger partial charge in [-0.3, -0.25) is 4.79 Å². The highest BCUT2D eigenvalue weighted by molar-refractivity contribution is 7.99. The highest BCUT2D eigenvalue weighted by Gasteiger charge is 2.28. The molecule has 1 fully saturated rings. The zero-order valence-electron chi connectivity index (χ0n) is 14.6. The number of carbonyl (C=O) groups excluding carboxylic acids is 1. The van der Waals surface area contributed by atoms with Crippen molar-refractivity contribution in [1.29, 1.82) is 0 Å². The number of aromatic nitrogens is 1. The minimum Gasteiger partial charge on any atom is -0.337 e. The summed E-state index contributed by atoms with van der Waals surface area (Å²) in [6, 6.07) is 3.74. The predicted molar refractivity (Wildman–Crippen MR) is 95.5 cm³/mol. The first-order valence-corrected chi connectivity index (χ1v) is 10.5. The molecule has 8 heteroatoms. The summed E-state index contributed by atoms with van der Waals surface area (Å²) in [5.74, 6) is 0.438. The van der Waals surface area contributed by atoms with E-state index >= 15 is 0 Å². The highest BCUT2D eigenvalue weighted by atomic mass is 32.2. The molecule has 0 aromatic carbocycles. The molecule has 0 bridgehead atoms. The fourth-order valence-corrected chi connectivity index (χ4v) is 4.50. The SMILES string of the molecule is C[C@H]1CCC[C@H](C)N1C(=O)CSc1ccc(S(=O)(=O)N(C)C)cn1. The van der Waals surface area contributed by atoms with Gasteiger partial charge in [-0.1, -0.05) is 11.8 Å². The molecule has 0 saturated carbocycles.